The Morgan fingerprint density at radius 1 is 1.17 bits per heavy atom. The Labute approximate surface area is 105 Å². The predicted molar refractivity (Wildman–Crippen MR) is 72.2 cm³/mol. The van der Waals surface area contributed by atoms with Crippen molar-refractivity contribution in [2.45, 2.75) is 13.5 Å². The van der Waals surface area contributed by atoms with E-state index < -0.39 is 0 Å². The first-order valence-corrected chi connectivity index (χ1v) is 5.85. The monoisotopic (exact) mass is 238 g/mol. The van der Waals surface area contributed by atoms with Gasteiger partial charge in [-0.15, -0.1) is 0 Å². The Morgan fingerprint density at radius 3 is 2.72 bits per heavy atom. The van der Waals surface area contributed by atoms with Gasteiger partial charge in [0.1, 0.15) is 5.52 Å². The molecule has 2 aromatic heterocycles. The SMILES string of the molecule is Cc1ccc(Cn2c(N)nc3cnccc32)cc1. The zero-order valence-corrected chi connectivity index (χ0v) is 10.2. The number of hydrogen-bond acceptors (Lipinski definition) is 3. The van der Waals surface area contributed by atoms with Crippen LogP contribution in [-0.2, 0) is 6.54 Å². The summed E-state index contributed by atoms with van der Waals surface area (Å²) in [5.74, 6) is 0.526. The second-order valence-electron chi connectivity index (χ2n) is 4.41. The molecule has 2 N–H and O–H groups in total. The molecule has 0 bridgehead atoms. The van der Waals surface area contributed by atoms with Crippen LogP contribution in [0, 0.1) is 6.92 Å². The molecule has 0 aliphatic rings. The van der Waals surface area contributed by atoms with E-state index in [1.165, 1.54) is 11.1 Å². The minimum Gasteiger partial charge on any atom is -0.369 e. The number of aromatic nitrogens is 3. The molecule has 0 radical (unpaired) electrons. The highest BCUT2D eigenvalue weighted by Crippen LogP contribution is 2.18. The number of aryl methyl sites for hydroxylation is 1. The lowest BCUT2D eigenvalue weighted by Crippen LogP contribution is -2.04. The van der Waals surface area contributed by atoms with E-state index in [9.17, 15) is 0 Å². The first-order valence-electron chi connectivity index (χ1n) is 5.85. The van der Waals surface area contributed by atoms with Gasteiger partial charge in [-0.1, -0.05) is 29.8 Å². The van der Waals surface area contributed by atoms with Gasteiger partial charge in [0.25, 0.3) is 0 Å². The fourth-order valence-electron chi connectivity index (χ4n) is 2.04. The Bertz CT molecular complexity index is 683. The summed E-state index contributed by atoms with van der Waals surface area (Å²) in [5, 5.41) is 0. The van der Waals surface area contributed by atoms with E-state index in [4.69, 9.17) is 5.73 Å². The molecule has 0 atom stereocenters. The van der Waals surface area contributed by atoms with Crippen LogP contribution >= 0.6 is 0 Å². The molecular formula is C14H14N4. The molecule has 3 aromatic rings. The maximum atomic E-state index is 5.96. The van der Waals surface area contributed by atoms with Gasteiger partial charge < -0.3 is 10.3 Å². The van der Waals surface area contributed by atoms with Gasteiger partial charge in [0.15, 0.2) is 0 Å². The quantitative estimate of drug-likeness (QED) is 0.745. The molecule has 0 aliphatic carbocycles. The number of rotatable bonds is 2. The highest BCUT2D eigenvalue weighted by Gasteiger charge is 2.07. The molecule has 0 unspecified atom stereocenters. The Hall–Kier alpha value is -2.36. The van der Waals surface area contributed by atoms with Crippen LogP contribution in [0.2, 0.25) is 0 Å². The van der Waals surface area contributed by atoms with Crippen LogP contribution in [0.15, 0.2) is 42.7 Å². The molecule has 2 heterocycles. The number of hydrogen-bond donors (Lipinski definition) is 1. The van der Waals surface area contributed by atoms with E-state index in [2.05, 4.69) is 41.2 Å². The van der Waals surface area contributed by atoms with Crippen molar-refractivity contribution in [1.82, 2.24) is 14.5 Å². The smallest absolute Gasteiger partial charge is 0.201 e. The third-order valence-electron chi connectivity index (χ3n) is 3.04. The Morgan fingerprint density at radius 2 is 1.94 bits per heavy atom. The molecular weight excluding hydrogens is 224 g/mol. The summed E-state index contributed by atoms with van der Waals surface area (Å²) in [4.78, 5) is 8.36. The van der Waals surface area contributed by atoms with Crippen LogP contribution in [0.5, 0.6) is 0 Å². The van der Waals surface area contributed by atoms with E-state index in [1.54, 1.807) is 12.4 Å². The van der Waals surface area contributed by atoms with Crippen molar-refractivity contribution in [3.8, 4) is 0 Å². The molecule has 18 heavy (non-hydrogen) atoms. The third kappa shape index (κ3) is 1.82. The number of nitrogens with two attached hydrogens (primary N) is 1. The minimum absolute atomic E-state index is 0.526. The summed E-state index contributed by atoms with van der Waals surface area (Å²) < 4.78 is 2.00. The second-order valence-corrected chi connectivity index (χ2v) is 4.41. The fourth-order valence-corrected chi connectivity index (χ4v) is 2.04. The normalized spacial score (nSPS) is 10.9. The van der Waals surface area contributed by atoms with Crippen LogP contribution in [0.1, 0.15) is 11.1 Å². The maximum Gasteiger partial charge on any atom is 0.201 e. The molecule has 4 heteroatoms. The van der Waals surface area contributed by atoms with Crippen molar-refractivity contribution < 1.29 is 0 Å². The molecule has 3 rings (SSSR count). The molecule has 0 fully saturated rings. The van der Waals surface area contributed by atoms with Gasteiger partial charge in [0.2, 0.25) is 5.95 Å². The summed E-state index contributed by atoms with van der Waals surface area (Å²) in [6.45, 7) is 2.81. The second kappa shape index (κ2) is 4.14. The van der Waals surface area contributed by atoms with Crippen molar-refractivity contribution >= 4 is 17.0 Å². The van der Waals surface area contributed by atoms with Crippen molar-refractivity contribution in [2.75, 3.05) is 5.73 Å². The van der Waals surface area contributed by atoms with Crippen molar-refractivity contribution in [3.63, 3.8) is 0 Å². The van der Waals surface area contributed by atoms with Gasteiger partial charge in [-0.2, -0.15) is 0 Å². The van der Waals surface area contributed by atoms with Crippen LogP contribution < -0.4 is 5.73 Å². The van der Waals surface area contributed by atoms with E-state index in [0.29, 0.717) is 5.95 Å². The number of fused-ring (bicyclic) bond motifs is 1. The highest BCUT2D eigenvalue weighted by molar-refractivity contribution is 5.77. The largest absolute Gasteiger partial charge is 0.369 e. The molecule has 0 aliphatic heterocycles. The third-order valence-corrected chi connectivity index (χ3v) is 3.04. The highest BCUT2D eigenvalue weighted by atomic mass is 15.2. The van der Waals surface area contributed by atoms with Crippen LogP contribution in [-0.4, -0.2) is 14.5 Å². The van der Waals surface area contributed by atoms with Gasteiger partial charge in [-0.05, 0) is 18.6 Å². The van der Waals surface area contributed by atoms with E-state index in [0.717, 1.165) is 17.6 Å². The van der Waals surface area contributed by atoms with E-state index in [1.807, 2.05) is 10.6 Å². The Kier molecular flexibility index (Phi) is 2.48. The van der Waals surface area contributed by atoms with Gasteiger partial charge in [-0.25, -0.2) is 4.98 Å². The molecule has 1 aromatic carbocycles. The maximum absolute atomic E-state index is 5.96. The summed E-state index contributed by atoms with van der Waals surface area (Å²) in [6.07, 6.45) is 3.49. The van der Waals surface area contributed by atoms with Crippen LogP contribution in [0.3, 0.4) is 0 Å². The van der Waals surface area contributed by atoms with Crippen molar-refractivity contribution in [3.05, 3.63) is 53.9 Å². The van der Waals surface area contributed by atoms with E-state index >= 15 is 0 Å². The minimum atomic E-state index is 0.526. The average molecular weight is 238 g/mol. The zero-order chi connectivity index (χ0) is 12.5. The number of pyridine rings is 1. The van der Waals surface area contributed by atoms with Gasteiger partial charge in [0.05, 0.1) is 18.3 Å². The molecule has 0 saturated carbocycles. The van der Waals surface area contributed by atoms with Crippen molar-refractivity contribution in [1.29, 1.82) is 0 Å². The van der Waals surface area contributed by atoms with Crippen LogP contribution in [0.25, 0.3) is 11.0 Å². The molecule has 0 amide bonds. The molecule has 4 nitrogen and oxygen atoms in total. The molecule has 0 saturated heterocycles. The first-order chi connectivity index (χ1) is 8.74. The average Bonchev–Trinajstić information content (AvgIpc) is 2.69. The summed E-state index contributed by atoms with van der Waals surface area (Å²) in [7, 11) is 0. The van der Waals surface area contributed by atoms with E-state index in [-0.39, 0.29) is 0 Å². The van der Waals surface area contributed by atoms with Crippen molar-refractivity contribution in [2.24, 2.45) is 0 Å². The number of nitrogens with zero attached hydrogens (tertiary/aromatic N) is 3. The van der Waals surface area contributed by atoms with Crippen LogP contribution in [0.4, 0.5) is 5.95 Å². The number of imidazole rings is 1. The lowest BCUT2D eigenvalue weighted by molar-refractivity contribution is 0.838. The van der Waals surface area contributed by atoms with Gasteiger partial charge in [0, 0.05) is 6.20 Å². The summed E-state index contributed by atoms with van der Waals surface area (Å²) >= 11 is 0. The number of benzene rings is 1. The number of nitrogen functional groups attached to an aromatic ring is 1. The summed E-state index contributed by atoms with van der Waals surface area (Å²) in [6, 6.07) is 10.4. The van der Waals surface area contributed by atoms with Gasteiger partial charge in [-0.3, -0.25) is 4.98 Å². The van der Waals surface area contributed by atoms with Gasteiger partial charge >= 0.3 is 0 Å². The Balaban J connectivity index is 2.04. The lowest BCUT2D eigenvalue weighted by atomic mass is 10.1. The first kappa shape index (κ1) is 10.8. The predicted octanol–water partition coefficient (Wildman–Crippen LogP) is 2.37. The fraction of sp³-hybridized carbons (Fsp3) is 0.143. The standard InChI is InChI=1S/C14H14N4/c1-10-2-4-11(5-3-10)9-18-13-6-7-16-8-12(13)17-14(18)15/h2-8H,9H2,1H3,(H2,15,17). The lowest BCUT2D eigenvalue weighted by Gasteiger charge is -2.06. The summed E-state index contributed by atoms with van der Waals surface area (Å²) in [5.41, 5.74) is 10.3. The molecule has 0 spiro atoms. The number of anilines is 1. The zero-order valence-electron chi connectivity index (χ0n) is 10.2. The topological polar surface area (TPSA) is 56.7 Å². The molecule has 90 valence electrons.